The highest BCUT2D eigenvalue weighted by molar-refractivity contribution is 9.10. The molecule has 5 heteroatoms. The van der Waals surface area contributed by atoms with Gasteiger partial charge in [-0.1, -0.05) is 45.4 Å². The molecule has 0 amide bonds. The Balaban J connectivity index is 2.20. The van der Waals surface area contributed by atoms with E-state index in [2.05, 4.69) is 21.1 Å². The van der Waals surface area contributed by atoms with Gasteiger partial charge in [-0.25, -0.2) is 4.39 Å². The van der Waals surface area contributed by atoms with Crippen molar-refractivity contribution in [3.05, 3.63) is 58.8 Å². The molecule has 0 bridgehead atoms. The van der Waals surface area contributed by atoms with E-state index < -0.39 is 0 Å². The summed E-state index contributed by atoms with van der Waals surface area (Å²) in [5.74, 6) is 0.537. The molecule has 0 unspecified atom stereocenters. The van der Waals surface area contributed by atoms with Crippen LogP contribution in [0.3, 0.4) is 0 Å². The van der Waals surface area contributed by atoms with E-state index in [1.165, 1.54) is 12.1 Å². The summed E-state index contributed by atoms with van der Waals surface area (Å²) < 4.78 is 19.3. The van der Waals surface area contributed by atoms with E-state index in [1.54, 1.807) is 12.1 Å². The first kappa shape index (κ1) is 12.9. The van der Waals surface area contributed by atoms with E-state index in [1.807, 2.05) is 24.3 Å². The van der Waals surface area contributed by atoms with E-state index >= 15 is 0 Å². The summed E-state index contributed by atoms with van der Waals surface area (Å²) in [6.45, 7) is 0. The maximum atomic E-state index is 13.0. The second-order valence-corrected chi connectivity index (χ2v) is 5.11. The molecule has 0 aliphatic heterocycles. The Morgan fingerprint density at radius 3 is 2.45 bits per heavy atom. The number of hydrogen-bond donors (Lipinski definition) is 1. The second kappa shape index (κ2) is 5.09. The van der Waals surface area contributed by atoms with E-state index in [0.29, 0.717) is 11.3 Å². The number of halogens is 2. The first-order valence-electron chi connectivity index (χ1n) is 5.93. The molecule has 0 fully saturated rings. The molecule has 2 N–H and O–H groups in total. The highest BCUT2D eigenvalue weighted by Gasteiger charge is 2.19. The molecule has 3 nitrogen and oxygen atoms in total. The van der Waals surface area contributed by atoms with Crippen LogP contribution in [0.4, 0.5) is 10.2 Å². The number of aromatic nitrogens is 1. The van der Waals surface area contributed by atoms with Crippen LogP contribution in [-0.2, 0) is 0 Å². The highest BCUT2D eigenvalue weighted by atomic mass is 79.9. The van der Waals surface area contributed by atoms with Gasteiger partial charge in [0, 0.05) is 10.0 Å². The van der Waals surface area contributed by atoms with Gasteiger partial charge in [-0.2, -0.15) is 0 Å². The van der Waals surface area contributed by atoms with E-state index in [-0.39, 0.29) is 11.6 Å². The Kier molecular flexibility index (Phi) is 3.28. The largest absolute Gasteiger partial charge is 0.380 e. The van der Waals surface area contributed by atoms with Crippen LogP contribution in [-0.4, -0.2) is 5.16 Å². The topological polar surface area (TPSA) is 52.0 Å². The molecule has 0 saturated carbocycles. The third-order valence-corrected chi connectivity index (χ3v) is 3.66. The van der Waals surface area contributed by atoms with Crippen molar-refractivity contribution in [2.45, 2.75) is 0 Å². The van der Waals surface area contributed by atoms with Crippen LogP contribution in [0.2, 0.25) is 0 Å². The summed E-state index contributed by atoms with van der Waals surface area (Å²) in [6, 6.07) is 13.7. The Labute approximate surface area is 123 Å². The van der Waals surface area contributed by atoms with E-state index in [9.17, 15) is 4.39 Å². The fraction of sp³-hybridized carbons (Fsp3) is 0. The average Bonchev–Trinajstić information content (AvgIpc) is 2.82. The lowest BCUT2D eigenvalue weighted by atomic mass is 10.0. The van der Waals surface area contributed by atoms with Gasteiger partial charge in [0.2, 0.25) is 0 Å². The Morgan fingerprint density at radius 2 is 1.75 bits per heavy atom. The van der Waals surface area contributed by atoms with Crippen LogP contribution in [0.15, 0.2) is 57.5 Å². The number of anilines is 1. The number of nitrogen functional groups attached to an aromatic ring is 1. The van der Waals surface area contributed by atoms with Crippen LogP contribution in [0, 0.1) is 5.82 Å². The third-order valence-electron chi connectivity index (χ3n) is 2.97. The molecule has 0 saturated heterocycles. The van der Waals surface area contributed by atoms with E-state index in [4.69, 9.17) is 10.3 Å². The molecule has 3 rings (SSSR count). The van der Waals surface area contributed by atoms with Crippen LogP contribution in [0.5, 0.6) is 0 Å². The predicted molar refractivity (Wildman–Crippen MR) is 79.4 cm³/mol. The number of nitrogens with two attached hydrogens (primary N) is 1. The first-order valence-corrected chi connectivity index (χ1v) is 6.72. The van der Waals surface area contributed by atoms with Crippen molar-refractivity contribution in [2.75, 3.05) is 5.73 Å². The lowest BCUT2D eigenvalue weighted by Gasteiger charge is -2.04. The molecule has 100 valence electrons. The van der Waals surface area contributed by atoms with Gasteiger partial charge in [0.1, 0.15) is 5.82 Å². The summed E-state index contributed by atoms with van der Waals surface area (Å²) in [7, 11) is 0. The maximum absolute atomic E-state index is 13.0. The zero-order valence-corrected chi connectivity index (χ0v) is 11.9. The first-order chi connectivity index (χ1) is 9.66. The smallest absolute Gasteiger partial charge is 0.178 e. The molecule has 0 aliphatic carbocycles. The minimum absolute atomic E-state index is 0.280. The Bertz CT molecular complexity index is 753. The summed E-state index contributed by atoms with van der Waals surface area (Å²) >= 11 is 3.47. The second-order valence-electron chi connectivity index (χ2n) is 4.26. The Morgan fingerprint density at radius 1 is 1.05 bits per heavy atom. The van der Waals surface area contributed by atoms with Crippen molar-refractivity contribution in [1.82, 2.24) is 5.16 Å². The lowest BCUT2D eigenvalue weighted by Crippen LogP contribution is -1.89. The van der Waals surface area contributed by atoms with Gasteiger partial charge in [0.15, 0.2) is 11.6 Å². The minimum atomic E-state index is -0.300. The third kappa shape index (κ3) is 2.20. The van der Waals surface area contributed by atoms with Gasteiger partial charge < -0.3 is 10.3 Å². The van der Waals surface area contributed by atoms with Gasteiger partial charge >= 0.3 is 0 Å². The molecule has 1 heterocycles. The molecular formula is C15H10BrFN2O. The summed E-state index contributed by atoms with van der Waals surface area (Å²) in [5.41, 5.74) is 8.15. The fourth-order valence-corrected chi connectivity index (χ4v) is 2.49. The molecular weight excluding hydrogens is 323 g/mol. The monoisotopic (exact) mass is 332 g/mol. The van der Waals surface area contributed by atoms with Gasteiger partial charge in [-0.05, 0) is 29.8 Å². The number of hydrogen-bond acceptors (Lipinski definition) is 3. The lowest BCUT2D eigenvalue weighted by molar-refractivity contribution is 0.436. The molecule has 2 aromatic carbocycles. The molecule has 0 atom stereocenters. The van der Waals surface area contributed by atoms with Crippen molar-refractivity contribution in [3.8, 4) is 22.5 Å². The van der Waals surface area contributed by atoms with Gasteiger partial charge in [0.25, 0.3) is 0 Å². The molecule has 0 radical (unpaired) electrons. The summed E-state index contributed by atoms with van der Waals surface area (Å²) in [4.78, 5) is 0. The zero-order valence-electron chi connectivity index (χ0n) is 10.3. The van der Waals surface area contributed by atoms with Gasteiger partial charge in [-0.3, -0.25) is 0 Å². The molecule has 0 spiro atoms. The van der Waals surface area contributed by atoms with E-state index in [0.717, 1.165) is 15.6 Å². The fourth-order valence-electron chi connectivity index (χ4n) is 2.03. The van der Waals surface area contributed by atoms with Gasteiger partial charge in [-0.15, -0.1) is 0 Å². The molecule has 3 aromatic rings. The Hall–Kier alpha value is -2.14. The zero-order chi connectivity index (χ0) is 14.1. The number of nitrogens with zero attached hydrogens (tertiary/aromatic N) is 1. The maximum Gasteiger partial charge on any atom is 0.178 e. The van der Waals surface area contributed by atoms with Crippen LogP contribution >= 0.6 is 15.9 Å². The van der Waals surface area contributed by atoms with Crippen molar-refractivity contribution >= 4 is 21.7 Å². The van der Waals surface area contributed by atoms with Crippen LogP contribution in [0.1, 0.15) is 0 Å². The van der Waals surface area contributed by atoms with Crippen LogP contribution < -0.4 is 5.73 Å². The van der Waals surface area contributed by atoms with Crippen molar-refractivity contribution in [3.63, 3.8) is 0 Å². The molecule has 0 aliphatic rings. The number of rotatable bonds is 2. The molecule has 1 aromatic heterocycles. The van der Waals surface area contributed by atoms with Crippen molar-refractivity contribution < 1.29 is 8.91 Å². The summed E-state index contributed by atoms with van der Waals surface area (Å²) in [5, 5.41) is 3.82. The number of benzene rings is 2. The van der Waals surface area contributed by atoms with Gasteiger partial charge in [0.05, 0.1) is 5.56 Å². The van der Waals surface area contributed by atoms with Crippen LogP contribution in [0.25, 0.3) is 22.5 Å². The quantitative estimate of drug-likeness (QED) is 0.752. The van der Waals surface area contributed by atoms with Crippen molar-refractivity contribution in [1.29, 1.82) is 0 Å². The standard InChI is InChI=1S/C15H10BrFN2O/c16-12-4-2-1-3-11(12)14-13(15(18)19-20-14)9-5-7-10(17)8-6-9/h1-8H,(H2,18,19). The predicted octanol–water partition coefficient (Wildman–Crippen LogP) is 4.49. The summed E-state index contributed by atoms with van der Waals surface area (Å²) in [6.07, 6.45) is 0. The average molecular weight is 333 g/mol. The molecule has 20 heavy (non-hydrogen) atoms. The highest BCUT2D eigenvalue weighted by Crippen LogP contribution is 2.39. The SMILES string of the molecule is Nc1noc(-c2ccccc2Br)c1-c1ccc(F)cc1. The van der Waals surface area contributed by atoms with Crippen molar-refractivity contribution in [2.24, 2.45) is 0 Å². The normalized spacial score (nSPS) is 10.7. The minimum Gasteiger partial charge on any atom is -0.380 e.